The van der Waals surface area contributed by atoms with Gasteiger partial charge < -0.3 is 19.9 Å². The summed E-state index contributed by atoms with van der Waals surface area (Å²) in [5, 5.41) is 3.02. The van der Waals surface area contributed by atoms with Crippen molar-refractivity contribution in [2.75, 3.05) is 31.6 Å². The number of amides is 3. The lowest BCUT2D eigenvalue weighted by molar-refractivity contribution is -0.117. The molecule has 3 rings (SSSR count). The van der Waals surface area contributed by atoms with Crippen molar-refractivity contribution in [2.45, 2.75) is 32.2 Å². The first-order chi connectivity index (χ1) is 11.6. The number of urea groups is 1. The van der Waals surface area contributed by atoms with Crippen molar-refractivity contribution in [1.29, 1.82) is 0 Å². The zero-order chi connectivity index (χ0) is 17.1. The third-order valence-electron chi connectivity index (χ3n) is 4.78. The lowest BCUT2D eigenvalue weighted by atomic mass is 10.0. The van der Waals surface area contributed by atoms with E-state index in [-0.39, 0.29) is 18.0 Å². The molecule has 0 radical (unpaired) electrons. The molecule has 2 aliphatic rings. The molecule has 2 saturated heterocycles. The lowest BCUT2D eigenvalue weighted by Gasteiger charge is -2.31. The third-order valence-corrected chi connectivity index (χ3v) is 4.78. The number of piperidine rings is 1. The third kappa shape index (κ3) is 3.63. The maximum Gasteiger partial charge on any atom is 0.317 e. The van der Waals surface area contributed by atoms with Gasteiger partial charge in [0.1, 0.15) is 5.75 Å². The highest BCUT2D eigenvalue weighted by Crippen LogP contribution is 2.24. The summed E-state index contributed by atoms with van der Waals surface area (Å²) in [7, 11) is 1.61. The van der Waals surface area contributed by atoms with Crippen LogP contribution in [0.5, 0.6) is 5.75 Å². The lowest BCUT2D eigenvalue weighted by Crippen LogP contribution is -2.49. The summed E-state index contributed by atoms with van der Waals surface area (Å²) in [6.07, 6.45) is 2.58. The topological polar surface area (TPSA) is 61.9 Å². The number of methoxy groups -OCH3 is 1. The Bertz CT molecular complexity index is 602. The van der Waals surface area contributed by atoms with E-state index in [1.807, 2.05) is 29.2 Å². The average Bonchev–Trinajstić information content (AvgIpc) is 2.95. The van der Waals surface area contributed by atoms with Crippen LogP contribution in [0, 0.1) is 5.92 Å². The smallest absolute Gasteiger partial charge is 0.317 e. The Balaban J connectivity index is 1.58. The highest BCUT2D eigenvalue weighted by Gasteiger charge is 2.33. The molecule has 6 heteroatoms. The summed E-state index contributed by atoms with van der Waals surface area (Å²) in [4.78, 5) is 28.3. The number of nitrogens with zero attached hydrogens (tertiary/aromatic N) is 2. The zero-order valence-corrected chi connectivity index (χ0v) is 14.3. The van der Waals surface area contributed by atoms with Crippen molar-refractivity contribution in [2.24, 2.45) is 5.92 Å². The van der Waals surface area contributed by atoms with Crippen LogP contribution in [0.4, 0.5) is 10.5 Å². The van der Waals surface area contributed by atoms with Crippen molar-refractivity contribution in [1.82, 2.24) is 10.2 Å². The second-order valence-corrected chi connectivity index (χ2v) is 6.75. The molecule has 6 nitrogen and oxygen atoms in total. The van der Waals surface area contributed by atoms with E-state index in [9.17, 15) is 9.59 Å². The maximum absolute atomic E-state index is 12.4. The van der Waals surface area contributed by atoms with E-state index in [1.54, 1.807) is 12.0 Å². The fourth-order valence-corrected chi connectivity index (χ4v) is 3.46. The number of hydrogen-bond donors (Lipinski definition) is 1. The van der Waals surface area contributed by atoms with Crippen LogP contribution in [0.2, 0.25) is 0 Å². The van der Waals surface area contributed by atoms with Gasteiger partial charge in [-0.2, -0.15) is 0 Å². The van der Waals surface area contributed by atoms with Crippen molar-refractivity contribution >= 4 is 17.6 Å². The van der Waals surface area contributed by atoms with Crippen LogP contribution in [0.15, 0.2) is 24.3 Å². The molecule has 2 aliphatic heterocycles. The Morgan fingerprint density at radius 3 is 2.67 bits per heavy atom. The first-order valence-corrected chi connectivity index (χ1v) is 8.56. The van der Waals surface area contributed by atoms with Crippen LogP contribution in [-0.4, -0.2) is 49.6 Å². The fourth-order valence-electron chi connectivity index (χ4n) is 3.46. The van der Waals surface area contributed by atoms with E-state index in [0.29, 0.717) is 18.9 Å². The highest BCUT2D eigenvalue weighted by atomic mass is 16.5. The number of nitrogens with one attached hydrogen (secondary N) is 1. The van der Waals surface area contributed by atoms with Crippen LogP contribution >= 0.6 is 0 Å². The van der Waals surface area contributed by atoms with Gasteiger partial charge >= 0.3 is 6.03 Å². The maximum atomic E-state index is 12.4. The van der Waals surface area contributed by atoms with Gasteiger partial charge in [0.25, 0.3) is 0 Å². The summed E-state index contributed by atoms with van der Waals surface area (Å²) >= 11 is 0. The summed E-state index contributed by atoms with van der Waals surface area (Å²) < 4.78 is 5.14. The monoisotopic (exact) mass is 331 g/mol. The first kappa shape index (κ1) is 16.6. The van der Waals surface area contributed by atoms with E-state index < -0.39 is 0 Å². The van der Waals surface area contributed by atoms with Crippen LogP contribution in [0.1, 0.15) is 26.2 Å². The van der Waals surface area contributed by atoms with Crippen LogP contribution < -0.4 is 15.0 Å². The SMILES string of the molecule is COc1ccc(N2C[C@H](NC(=O)N3CCC[C@@H](C)C3)CC2=O)cc1. The molecule has 2 atom stereocenters. The Morgan fingerprint density at radius 2 is 2.00 bits per heavy atom. The van der Waals surface area contributed by atoms with E-state index in [2.05, 4.69) is 12.2 Å². The van der Waals surface area contributed by atoms with Gasteiger partial charge in [-0.1, -0.05) is 6.92 Å². The predicted octanol–water partition coefficient (Wildman–Crippen LogP) is 2.24. The molecule has 0 saturated carbocycles. The molecule has 0 spiro atoms. The summed E-state index contributed by atoms with van der Waals surface area (Å²) in [6, 6.07) is 7.23. The standard InChI is InChI=1S/C18H25N3O3/c1-13-4-3-9-20(11-13)18(23)19-14-10-17(22)21(12-14)15-5-7-16(24-2)8-6-15/h5-8,13-14H,3-4,9-12H2,1-2H3,(H,19,23)/t13-,14-/m1/s1. The van der Waals surface area contributed by atoms with Crippen molar-refractivity contribution in [3.05, 3.63) is 24.3 Å². The zero-order valence-electron chi connectivity index (χ0n) is 14.3. The number of anilines is 1. The summed E-state index contributed by atoms with van der Waals surface area (Å²) in [6.45, 7) is 4.29. The number of likely N-dealkylation sites (tertiary alicyclic amines) is 1. The quantitative estimate of drug-likeness (QED) is 0.924. The molecule has 2 fully saturated rings. The molecular formula is C18H25N3O3. The van der Waals surface area contributed by atoms with Crippen LogP contribution in [-0.2, 0) is 4.79 Å². The number of benzene rings is 1. The minimum absolute atomic E-state index is 0.0393. The number of rotatable bonds is 3. The summed E-state index contributed by atoms with van der Waals surface area (Å²) in [5.41, 5.74) is 0.837. The molecule has 3 amide bonds. The Morgan fingerprint density at radius 1 is 1.25 bits per heavy atom. The molecule has 0 bridgehead atoms. The van der Waals surface area contributed by atoms with Gasteiger partial charge in [-0.05, 0) is 43.0 Å². The van der Waals surface area contributed by atoms with E-state index in [1.165, 1.54) is 6.42 Å². The van der Waals surface area contributed by atoms with Gasteiger partial charge in [0.2, 0.25) is 5.91 Å². The van der Waals surface area contributed by atoms with E-state index in [4.69, 9.17) is 4.74 Å². The van der Waals surface area contributed by atoms with Gasteiger partial charge in [-0.15, -0.1) is 0 Å². The minimum Gasteiger partial charge on any atom is -0.497 e. The summed E-state index contributed by atoms with van der Waals surface area (Å²) in [5.74, 6) is 1.34. The number of carbonyl (C=O) groups excluding carboxylic acids is 2. The molecule has 0 unspecified atom stereocenters. The largest absolute Gasteiger partial charge is 0.497 e. The predicted molar refractivity (Wildman–Crippen MR) is 92.3 cm³/mol. The van der Waals surface area contributed by atoms with Crippen molar-refractivity contribution in [3.8, 4) is 5.75 Å². The van der Waals surface area contributed by atoms with Gasteiger partial charge in [0, 0.05) is 31.7 Å². The normalized spacial score (nSPS) is 24.2. The Hall–Kier alpha value is -2.24. The van der Waals surface area contributed by atoms with Gasteiger partial charge in [-0.25, -0.2) is 4.79 Å². The van der Waals surface area contributed by atoms with Crippen LogP contribution in [0.3, 0.4) is 0 Å². The molecule has 1 N–H and O–H groups in total. The Kier molecular flexibility index (Phi) is 4.92. The second kappa shape index (κ2) is 7.11. The highest BCUT2D eigenvalue weighted by molar-refractivity contribution is 5.96. The molecule has 0 aromatic heterocycles. The minimum atomic E-state index is -0.135. The van der Waals surface area contributed by atoms with Crippen molar-refractivity contribution in [3.63, 3.8) is 0 Å². The average molecular weight is 331 g/mol. The molecule has 0 aliphatic carbocycles. The van der Waals surface area contributed by atoms with Gasteiger partial charge in [-0.3, -0.25) is 4.79 Å². The Labute approximate surface area is 142 Å². The number of carbonyl (C=O) groups is 2. The first-order valence-electron chi connectivity index (χ1n) is 8.56. The molecule has 1 aromatic carbocycles. The second-order valence-electron chi connectivity index (χ2n) is 6.75. The molecule has 130 valence electrons. The molecule has 2 heterocycles. The molecule has 24 heavy (non-hydrogen) atoms. The van der Waals surface area contributed by atoms with E-state index >= 15 is 0 Å². The van der Waals surface area contributed by atoms with Gasteiger partial charge in [0.15, 0.2) is 0 Å². The molecular weight excluding hydrogens is 306 g/mol. The van der Waals surface area contributed by atoms with Crippen LogP contribution in [0.25, 0.3) is 0 Å². The van der Waals surface area contributed by atoms with Gasteiger partial charge in [0.05, 0.1) is 13.2 Å². The molecule has 1 aromatic rings. The van der Waals surface area contributed by atoms with Crippen molar-refractivity contribution < 1.29 is 14.3 Å². The number of hydrogen-bond acceptors (Lipinski definition) is 3. The van der Waals surface area contributed by atoms with E-state index in [0.717, 1.165) is 30.9 Å². The number of ether oxygens (including phenoxy) is 1. The fraction of sp³-hybridized carbons (Fsp3) is 0.556.